The molecule has 1 heterocycles. The lowest BCUT2D eigenvalue weighted by Gasteiger charge is -2.15. The molecule has 2 N–H and O–H groups in total. The average molecular weight is 317 g/mol. The number of nitrogens with zero attached hydrogens (tertiary/aromatic N) is 3. The van der Waals surface area contributed by atoms with E-state index < -0.39 is 10.0 Å². The Morgan fingerprint density at radius 3 is 2.41 bits per heavy atom. The highest BCUT2D eigenvalue weighted by Crippen LogP contribution is 2.20. The molecule has 0 saturated heterocycles. The zero-order valence-electron chi connectivity index (χ0n) is 12.1. The summed E-state index contributed by atoms with van der Waals surface area (Å²) in [6.45, 7) is 1.89. The molecule has 7 nitrogen and oxygen atoms in total. The lowest BCUT2D eigenvalue weighted by molar-refractivity contribution is 0.588. The Balaban J connectivity index is 2.20. The first-order valence-electron chi connectivity index (χ1n) is 6.49. The van der Waals surface area contributed by atoms with E-state index in [0.717, 1.165) is 5.56 Å². The van der Waals surface area contributed by atoms with Crippen molar-refractivity contribution in [3.05, 3.63) is 47.9 Å². The summed E-state index contributed by atoms with van der Waals surface area (Å²) in [4.78, 5) is 8.21. The van der Waals surface area contributed by atoms with Crippen LogP contribution in [-0.2, 0) is 10.0 Å². The summed E-state index contributed by atoms with van der Waals surface area (Å²) in [7, 11) is -2.08. The molecule has 0 bridgehead atoms. The molecule has 1 unspecified atom stereocenters. The number of nitriles is 1. The maximum Gasteiger partial charge on any atom is 0.240 e. The van der Waals surface area contributed by atoms with E-state index in [1.54, 1.807) is 12.1 Å². The van der Waals surface area contributed by atoms with Gasteiger partial charge in [-0.05, 0) is 31.7 Å². The number of hydrogen-bond donors (Lipinski definition) is 2. The SMILES string of the molecule is CNS(=O)(=O)c1ccc(C(C)Nc2nccnc2C#N)cc1. The van der Waals surface area contributed by atoms with E-state index in [0.29, 0.717) is 5.82 Å². The highest BCUT2D eigenvalue weighted by Gasteiger charge is 2.13. The van der Waals surface area contributed by atoms with Gasteiger partial charge in [0, 0.05) is 12.4 Å². The number of nitrogens with one attached hydrogen (secondary N) is 2. The summed E-state index contributed by atoms with van der Waals surface area (Å²) in [5.41, 5.74) is 1.08. The molecule has 1 aromatic carbocycles. The Morgan fingerprint density at radius 1 is 1.18 bits per heavy atom. The van der Waals surface area contributed by atoms with Crippen LogP contribution in [0.2, 0.25) is 0 Å². The molecular weight excluding hydrogens is 302 g/mol. The van der Waals surface area contributed by atoms with Gasteiger partial charge in [-0.25, -0.2) is 23.1 Å². The predicted octanol–water partition coefficient (Wildman–Crippen LogP) is 1.43. The zero-order valence-corrected chi connectivity index (χ0v) is 12.9. The van der Waals surface area contributed by atoms with Gasteiger partial charge in [0.1, 0.15) is 6.07 Å². The Morgan fingerprint density at radius 2 is 1.82 bits per heavy atom. The predicted molar refractivity (Wildman–Crippen MR) is 81.5 cm³/mol. The molecule has 0 aliphatic rings. The van der Waals surface area contributed by atoms with E-state index in [-0.39, 0.29) is 16.6 Å². The first kappa shape index (κ1) is 15.9. The number of rotatable bonds is 5. The minimum absolute atomic E-state index is 0.157. The van der Waals surface area contributed by atoms with Crippen LogP contribution in [0.15, 0.2) is 41.6 Å². The van der Waals surface area contributed by atoms with E-state index >= 15 is 0 Å². The van der Waals surface area contributed by atoms with Gasteiger partial charge >= 0.3 is 0 Å². The minimum Gasteiger partial charge on any atom is -0.361 e. The Hall–Kier alpha value is -2.50. The molecule has 2 aromatic rings. The standard InChI is InChI=1S/C14H15N5O2S/c1-10(19-14-13(9-15)17-7-8-18-14)11-3-5-12(6-4-11)22(20,21)16-2/h3-8,10,16H,1-2H3,(H,18,19). The Bertz CT molecular complexity index is 797. The van der Waals surface area contributed by atoms with E-state index in [4.69, 9.17) is 5.26 Å². The maximum atomic E-state index is 11.7. The molecular formula is C14H15N5O2S. The van der Waals surface area contributed by atoms with Gasteiger partial charge in [0.2, 0.25) is 10.0 Å². The summed E-state index contributed by atoms with van der Waals surface area (Å²) in [5.74, 6) is 0.393. The van der Waals surface area contributed by atoms with Crippen molar-refractivity contribution in [1.29, 1.82) is 5.26 Å². The largest absolute Gasteiger partial charge is 0.361 e. The fraction of sp³-hybridized carbons (Fsp3) is 0.214. The van der Waals surface area contributed by atoms with Gasteiger partial charge in [-0.2, -0.15) is 5.26 Å². The second-order valence-corrected chi connectivity index (χ2v) is 6.39. The highest BCUT2D eigenvalue weighted by molar-refractivity contribution is 7.89. The molecule has 0 radical (unpaired) electrons. The van der Waals surface area contributed by atoms with Crippen molar-refractivity contribution in [2.45, 2.75) is 17.9 Å². The molecule has 114 valence electrons. The van der Waals surface area contributed by atoms with Crippen molar-refractivity contribution in [2.75, 3.05) is 12.4 Å². The van der Waals surface area contributed by atoms with Gasteiger partial charge in [0.25, 0.3) is 0 Å². The molecule has 2 rings (SSSR count). The molecule has 1 atom stereocenters. The summed E-state index contributed by atoms with van der Waals surface area (Å²) in [6.07, 6.45) is 2.95. The lowest BCUT2D eigenvalue weighted by atomic mass is 10.1. The van der Waals surface area contributed by atoms with Gasteiger partial charge in [0.15, 0.2) is 11.5 Å². The number of sulfonamides is 1. The summed E-state index contributed by atoms with van der Waals surface area (Å²) >= 11 is 0. The van der Waals surface area contributed by atoms with Crippen molar-refractivity contribution in [1.82, 2.24) is 14.7 Å². The summed E-state index contributed by atoms with van der Waals surface area (Å²) in [6, 6.07) is 8.29. The third-order valence-corrected chi connectivity index (χ3v) is 4.55. The van der Waals surface area contributed by atoms with Gasteiger partial charge < -0.3 is 5.32 Å². The van der Waals surface area contributed by atoms with Crippen molar-refractivity contribution in [3.63, 3.8) is 0 Å². The third-order valence-electron chi connectivity index (χ3n) is 3.12. The van der Waals surface area contributed by atoms with Crippen LogP contribution in [0.25, 0.3) is 0 Å². The number of benzene rings is 1. The number of hydrogen-bond acceptors (Lipinski definition) is 6. The first-order valence-corrected chi connectivity index (χ1v) is 7.97. The van der Waals surface area contributed by atoms with Gasteiger partial charge in [-0.15, -0.1) is 0 Å². The lowest BCUT2D eigenvalue weighted by Crippen LogP contribution is -2.18. The highest BCUT2D eigenvalue weighted by atomic mass is 32.2. The van der Waals surface area contributed by atoms with Crippen molar-refractivity contribution >= 4 is 15.8 Å². The molecule has 0 aliphatic carbocycles. The zero-order chi connectivity index (χ0) is 16.2. The fourth-order valence-electron chi connectivity index (χ4n) is 1.87. The van der Waals surface area contributed by atoms with Crippen LogP contribution in [-0.4, -0.2) is 25.4 Å². The Labute approximate surface area is 129 Å². The number of aromatic nitrogens is 2. The van der Waals surface area contributed by atoms with Crippen molar-refractivity contribution < 1.29 is 8.42 Å². The Kier molecular flexibility index (Phi) is 4.70. The van der Waals surface area contributed by atoms with Gasteiger partial charge in [-0.3, -0.25) is 0 Å². The molecule has 0 spiro atoms. The molecule has 0 fully saturated rings. The van der Waals surface area contributed by atoms with E-state index in [1.165, 1.54) is 31.6 Å². The second-order valence-electron chi connectivity index (χ2n) is 4.51. The fourth-order valence-corrected chi connectivity index (χ4v) is 2.60. The van der Waals surface area contributed by atoms with Gasteiger partial charge in [0.05, 0.1) is 10.9 Å². The normalized spacial score (nSPS) is 12.4. The van der Waals surface area contributed by atoms with Crippen LogP contribution in [0, 0.1) is 11.3 Å². The van der Waals surface area contributed by atoms with Crippen molar-refractivity contribution in [2.24, 2.45) is 0 Å². The van der Waals surface area contributed by atoms with Crippen LogP contribution in [0.1, 0.15) is 24.2 Å². The topological polar surface area (TPSA) is 108 Å². The molecule has 8 heteroatoms. The molecule has 0 amide bonds. The molecule has 22 heavy (non-hydrogen) atoms. The monoisotopic (exact) mass is 317 g/mol. The van der Waals surface area contributed by atoms with E-state index in [1.807, 2.05) is 13.0 Å². The van der Waals surface area contributed by atoms with Crippen LogP contribution in [0.3, 0.4) is 0 Å². The van der Waals surface area contributed by atoms with Crippen LogP contribution in [0.4, 0.5) is 5.82 Å². The van der Waals surface area contributed by atoms with Gasteiger partial charge in [-0.1, -0.05) is 12.1 Å². The maximum absolute atomic E-state index is 11.7. The van der Waals surface area contributed by atoms with Crippen LogP contribution in [0.5, 0.6) is 0 Å². The third kappa shape index (κ3) is 3.39. The molecule has 0 saturated carbocycles. The molecule has 1 aromatic heterocycles. The van der Waals surface area contributed by atoms with Crippen LogP contribution >= 0.6 is 0 Å². The first-order chi connectivity index (χ1) is 10.5. The summed E-state index contributed by atoms with van der Waals surface area (Å²) < 4.78 is 25.6. The smallest absolute Gasteiger partial charge is 0.240 e. The number of anilines is 1. The summed E-state index contributed by atoms with van der Waals surface area (Å²) in [5, 5.41) is 12.1. The molecule has 0 aliphatic heterocycles. The second kappa shape index (κ2) is 6.51. The van der Waals surface area contributed by atoms with Crippen molar-refractivity contribution in [3.8, 4) is 6.07 Å². The van der Waals surface area contributed by atoms with Crippen LogP contribution < -0.4 is 10.0 Å². The minimum atomic E-state index is -3.45. The van der Waals surface area contributed by atoms with E-state index in [9.17, 15) is 8.42 Å². The van der Waals surface area contributed by atoms with E-state index in [2.05, 4.69) is 20.0 Å². The quantitative estimate of drug-likeness (QED) is 0.863. The average Bonchev–Trinajstić information content (AvgIpc) is 2.55.